The molecule has 0 radical (unpaired) electrons. The highest BCUT2D eigenvalue weighted by atomic mass is 16.3. The third kappa shape index (κ3) is 4.05. The molecule has 110 valence electrons. The SMILES string of the molecule is CCc1nn(C)c(CC)c1CNCC(O)C(C)CC. The van der Waals surface area contributed by atoms with E-state index in [0.717, 1.165) is 25.8 Å². The van der Waals surface area contributed by atoms with E-state index in [2.05, 4.69) is 38.1 Å². The van der Waals surface area contributed by atoms with Crippen molar-refractivity contribution in [1.82, 2.24) is 15.1 Å². The summed E-state index contributed by atoms with van der Waals surface area (Å²) in [6, 6.07) is 0. The van der Waals surface area contributed by atoms with Crippen molar-refractivity contribution in [3.8, 4) is 0 Å². The summed E-state index contributed by atoms with van der Waals surface area (Å²) in [6.07, 6.45) is 2.69. The molecule has 1 rings (SSSR count). The molecule has 0 saturated heterocycles. The topological polar surface area (TPSA) is 50.1 Å². The van der Waals surface area contributed by atoms with Crippen LogP contribution in [0.3, 0.4) is 0 Å². The van der Waals surface area contributed by atoms with Crippen LogP contribution in [0, 0.1) is 5.92 Å². The Labute approximate surface area is 117 Å². The van der Waals surface area contributed by atoms with Gasteiger partial charge in [-0.25, -0.2) is 0 Å². The zero-order valence-corrected chi connectivity index (χ0v) is 13.0. The quantitative estimate of drug-likeness (QED) is 0.758. The number of nitrogens with one attached hydrogen (secondary N) is 1. The molecule has 0 spiro atoms. The molecule has 4 heteroatoms. The first-order valence-corrected chi connectivity index (χ1v) is 7.47. The molecule has 1 heterocycles. The van der Waals surface area contributed by atoms with Gasteiger partial charge in [-0.1, -0.05) is 34.1 Å². The van der Waals surface area contributed by atoms with Crippen molar-refractivity contribution >= 4 is 0 Å². The second-order valence-electron chi connectivity index (χ2n) is 5.29. The average Bonchev–Trinajstić information content (AvgIpc) is 2.73. The zero-order chi connectivity index (χ0) is 14.4. The summed E-state index contributed by atoms with van der Waals surface area (Å²) in [5, 5.41) is 17.9. The van der Waals surface area contributed by atoms with E-state index in [-0.39, 0.29) is 6.10 Å². The predicted molar refractivity (Wildman–Crippen MR) is 79.1 cm³/mol. The van der Waals surface area contributed by atoms with Crippen LogP contribution < -0.4 is 5.32 Å². The summed E-state index contributed by atoms with van der Waals surface area (Å²) >= 11 is 0. The van der Waals surface area contributed by atoms with Gasteiger partial charge < -0.3 is 10.4 Å². The van der Waals surface area contributed by atoms with Crippen molar-refractivity contribution < 1.29 is 5.11 Å². The van der Waals surface area contributed by atoms with E-state index in [4.69, 9.17) is 0 Å². The Morgan fingerprint density at radius 1 is 1.26 bits per heavy atom. The van der Waals surface area contributed by atoms with Gasteiger partial charge >= 0.3 is 0 Å². The molecule has 0 bridgehead atoms. The van der Waals surface area contributed by atoms with Gasteiger partial charge in [0.05, 0.1) is 11.8 Å². The standard InChI is InChI=1S/C15H29N3O/c1-6-11(4)15(19)10-16-9-12-13(7-2)17-18(5)14(12)8-3/h11,15-16,19H,6-10H2,1-5H3. The molecular formula is C15H29N3O. The lowest BCUT2D eigenvalue weighted by Gasteiger charge is -2.17. The van der Waals surface area contributed by atoms with Gasteiger partial charge in [0, 0.05) is 31.4 Å². The van der Waals surface area contributed by atoms with Gasteiger partial charge in [-0.2, -0.15) is 5.10 Å². The normalized spacial score (nSPS) is 14.6. The monoisotopic (exact) mass is 267 g/mol. The van der Waals surface area contributed by atoms with Crippen molar-refractivity contribution in [1.29, 1.82) is 0 Å². The number of hydrogen-bond acceptors (Lipinski definition) is 3. The molecule has 4 nitrogen and oxygen atoms in total. The van der Waals surface area contributed by atoms with Gasteiger partial charge in [0.15, 0.2) is 0 Å². The molecule has 2 N–H and O–H groups in total. The second kappa shape index (κ2) is 7.65. The highest BCUT2D eigenvalue weighted by Gasteiger charge is 2.15. The number of aliphatic hydroxyl groups excluding tert-OH is 1. The fourth-order valence-corrected chi connectivity index (χ4v) is 2.41. The maximum Gasteiger partial charge on any atom is 0.0690 e. The second-order valence-corrected chi connectivity index (χ2v) is 5.29. The Kier molecular flexibility index (Phi) is 6.52. The number of aromatic nitrogens is 2. The van der Waals surface area contributed by atoms with Gasteiger partial charge in [-0.15, -0.1) is 0 Å². The molecule has 2 atom stereocenters. The van der Waals surface area contributed by atoms with Gasteiger partial charge in [0.1, 0.15) is 0 Å². The van der Waals surface area contributed by atoms with E-state index < -0.39 is 0 Å². The minimum absolute atomic E-state index is 0.267. The highest BCUT2D eigenvalue weighted by molar-refractivity contribution is 5.26. The summed E-state index contributed by atoms with van der Waals surface area (Å²) in [5.74, 6) is 0.345. The molecule has 0 fully saturated rings. The van der Waals surface area contributed by atoms with E-state index in [9.17, 15) is 5.11 Å². The van der Waals surface area contributed by atoms with Crippen LogP contribution >= 0.6 is 0 Å². The van der Waals surface area contributed by atoms with E-state index in [1.54, 1.807) is 0 Å². The third-order valence-electron chi connectivity index (χ3n) is 3.98. The highest BCUT2D eigenvalue weighted by Crippen LogP contribution is 2.15. The first kappa shape index (κ1) is 16.2. The number of aryl methyl sites for hydroxylation is 2. The van der Waals surface area contributed by atoms with Crippen LogP contribution in [0.15, 0.2) is 0 Å². The van der Waals surface area contributed by atoms with Crippen molar-refractivity contribution in [3.05, 3.63) is 17.0 Å². The molecule has 2 unspecified atom stereocenters. The molecule has 1 aromatic heterocycles. The average molecular weight is 267 g/mol. The van der Waals surface area contributed by atoms with Crippen LogP contribution in [0.1, 0.15) is 51.1 Å². The summed E-state index contributed by atoms with van der Waals surface area (Å²) < 4.78 is 1.99. The molecule has 1 aromatic rings. The summed E-state index contributed by atoms with van der Waals surface area (Å²) in [5.41, 5.74) is 3.77. The Hall–Kier alpha value is -0.870. The van der Waals surface area contributed by atoms with Gasteiger partial charge in [-0.3, -0.25) is 4.68 Å². The van der Waals surface area contributed by atoms with Crippen LogP contribution in [0.4, 0.5) is 0 Å². The fourth-order valence-electron chi connectivity index (χ4n) is 2.41. The molecule has 0 aromatic carbocycles. The maximum absolute atomic E-state index is 9.97. The number of nitrogens with zero attached hydrogens (tertiary/aromatic N) is 2. The van der Waals surface area contributed by atoms with Crippen LogP contribution in [0.25, 0.3) is 0 Å². The number of aliphatic hydroxyl groups is 1. The van der Waals surface area contributed by atoms with Gasteiger partial charge in [-0.05, 0) is 18.8 Å². The molecular weight excluding hydrogens is 238 g/mol. The van der Waals surface area contributed by atoms with Crippen molar-refractivity contribution in [2.45, 2.75) is 59.6 Å². The molecule has 0 saturated carbocycles. The van der Waals surface area contributed by atoms with E-state index >= 15 is 0 Å². The van der Waals surface area contributed by atoms with Gasteiger partial charge in [0.2, 0.25) is 0 Å². The number of rotatable bonds is 8. The molecule has 0 aliphatic carbocycles. The first-order chi connectivity index (χ1) is 9.04. The summed E-state index contributed by atoms with van der Waals surface area (Å²) in [4.78, 5) is 0. The Bertz CT molecular complexity index is 387. The maximum atomic E-state index is 9.97. The Morgan fingerprint density at radius 3 is 2.47 bits per heavy atom. The lowest BCUT2D eigenvalue weighted by Crippen LogP contribution is -2.31. The Balaban J connectivity index is 2.62. The molecule has 0 aliphatic heterocycles. The summed E-state index contributed by atoms with van der Waals surface area (Å²) in [7, 11) is 2.01. The molecule has 19 heavy (non-hydrogen) atoms. The van der Waals surface area contributed by atoms with E-state index in [0.29, 0.717) is 12.5 Å². The van der Waals surface area contributed by atoms with Crippen LogP contribution in [-0.4, -0.2) is 27.5 Å². The van der Waals surface area contributed by atoms with Crippen LogP contribution in [-0.2, 0) is 26.4 Å². The van der Waals surface area contributed by atoms with Crippen LogP contribution in [0.5, 0.6) is 0 Å². The fraction of sp³-hybridized carbons (Fsp3) is 0.800. The first-order valence-electron chi connectivity index (χ1n) is 7.47. The minimum atomic E-state index is -0.267. The zero-order valence-electron chi connectivity index (χ0n) is 13.0. The molecule has 0 amide bonds. The lowest BCUT2D eigenvalue weighted by atomic mass is 10.0. The number of hydrogen-bond donors (Lipinski definition) is 2. The minimum Gasteiger partial charge on any atom is -0.392 e. The lowest BCUT2D eigenvalue weighted by molar-refractivity contribution is 0.112. The van der Waals surface area contributed by atoms with Crippen molar-refractivity contribution in [2.24, 2.45) is 13.0 Å². The predicted octanol–water partition coefficient (Wildman–Crippen LogP) is 2.04. The van der Waals surface area contributed by atoms with E-state index in [1.807, 2.05) is 11.7 Å². The Morgan fingerprint density at radius 2 is 1.95 bits per heavy atom. The smallest absolute Gasteiger partial charge is 0.0690 e. The summed E-state index contributed by atoms with van der Waals surface area (Å²) in [6.45, 7) is 9.95. The van der Waals surface area contributed by atoms with Crippen molar-refractivity contribution in [2.75, 3.05) is 6.54 Å². The third-order valence-corrected chi connectivity index (χ3v) is 3.98. The van der Waals surface area contributed by atoms with E-state index in [1.165, 1.54) is 17.0 Å². The molecule has 0 aliphatic rings. The van der Waals surface area contributed by atoms with Gasteiger partial charge in [0.25, 0.3) is 0 Å². The largest absolute Gasteiger partial charge is 0.392 e. The van der Waals surface area contributed by atoms with Crippen LogP contribution in [0.2, 0.25) is 0 Å². The van der Waals surface area contributed by atoms with Crippen molar-refractivity contribution in [3.63, 3.8) is 0 Å².